The van der Waals surface area contributed by atoms with E-state index in [1.807, 2.05) is 12.1 Å². The van der Waals surface area contributed by atoms with Crippen molar-refractivity contribution in [3.63, 3.8) is 0 Å². The van der Waals surface area contributed by atoms with Gasteiger partial charge >= 0.3 is 0 Å². The molecule has 4 nitrogen and oxygen atoms in total. The lowest BCUT2D eigenvalue weighted by molar-refractivity contribution is 0.112. The van der Waals surface area contributed by atoms with E-state index >= 15 is 0 Å². The molecule has 0 bridgehead atoms. The van der Waals surface area contributed by atoms with E-state index < -0.39 is 0 Å². The Balaban J connectivity index is 1.73. The first kappa shape index (κ1) is 14.1. The zero-order valence-corrected chi connectivity index (χ0v) is 11.4. The van der Waals surface area contributed by atoms with E-state index in [4.69, 9.17) is 9.47 Å². The van der Waals surface area contributed by atoms with Crippen molar-refractivity contribution in [1.82, 2.24) is 4.98 Å². The maximum atomic E-state index is 10.5. The van der Waals surface area contributed by atoms with Gasteiger partial charge in [0.05, 0.1) is 13.7 Å². The summed E-state index contributed by atoms with van der Waals surface area (Å²) in [5.74, 6) is 1.41. The second-order valence-electron chi connectivity index (χ2n) is 4.35. The average molecular weight is 271 g/mol. The molecule has 0 atom stereocenters. The third-order valence-electron chi connectivity index (χ3n) is 2.91. The molecule has 0 saturated heterocycles. The SMILES string of the molecule is COc1ccc(CCCOc2ccc(C=O)cn2)cc1. The number of aryl methyl sites for hydroxylation is 1. The van der Waals surface area contributed by atoms with Crippen LogP contribution in [0.1, 0.15) is 22.3 Å². The molecule has 2 rings (SSSR count). The van der Waals surface area contributed by atoms with Gasteiger partial charge in [0.1, 0.15) is 5.75 Å². The molecule has 0 unspecified atom stereocenters. The molecule has 1 aromatic carbocycles. The summed E-state index contributed by atoms with van der Waals surface area (Å²) in [6.45, 7) is 0.597. The molecule has 0 spiro atoms. The number of carbonyl (C=O) groups is 1. The molecule has 4 heteroatoms. The lowest BCUT2D eigenvalue weighted by Gasteiger charge is -2.06. The third kappa shape index (κ3) is 4.09. The van der Waals surface area contributed by atoms with Gasteiger partial charge in [-0.15, -0.1) is 0 Å². The molecular formula is C16H17NO3. The van der Waals surface area contributed by atoms with Gasteiger partial charge in [-0.1, -0.05) is 12.1 Å². The van der Waals surface area contributed by atoms with Crippen LogP contribution in [0.3, 0.4) is 0 Å². The van der Waals surface area contributed by atoms with Crippen molar-refractivity contribution < 1.29 is 14.3 Å². The van der Waals surface area contributed by atoms with Crippen LogP contribution >= 0.6 is 0 Å². The van der Waals surface area contributed by atoms with Crippen LogP contribution in [0.5, 0.6) is 11.6 Å². The lowest BCUT2D eigenvalue weighted by Crippen LogP contribution is -2.01. The quantitative estimate of drug-likeness (QED) is 0.574. The van der Waals surface area contributed by atoms with Gasteiger partial charge in [-0.3, -0.25) is 4.79 Å². The number of rotatable bonds is 7. The molecule has 1 heterocycles. The molecule has 0 aliphatic rings. The van der Waals surface area contributed by atoms with Crippen LogP contribution in [0.4, 0.5) is 0 Å². The van der Waals surface area contributed by atoms with Crippen LogP contribution in [0.25, 0.3) is 0 Å². The number of aromatic nitrogens is 1. The Hall–Kier alpha value is -2.36. The molecule has 0 aliphatic carbocycles. The van der Waals surface area contributed by atoms with Crippen molar-refractivity contribution in [2.45, 2.75) is 12.8 Å². The Morgan fingerprint density at radius 3 is 2.55 bits per heavy atom. The smallest absolute Gasteiger partial charge is 0.213 e. The van der Waals surface area contributed by atoms with E-state index in [1.165, 1.54) is 11.8 Å². The molecular weight excluding hydrogens is 254 g/mol. The summed E-state index contributed by atoms with van der Waals surface area (Å²) >= 11 is 0. The maximum Gasteiger partial charge on any atom is 0.213 e. The predicted molar refractivity (Wildman–Crippen MR) is 76.4 cm³/mol. The Kier molecular flexibility index (Phi) is 5.12. The largest absolute Gasteiger partial charge is 0.497 e. The number of hydrogen-bond donors (Lipinski definition) is 0. The predicted octanol–water partition coefficient (Wildman–Crippen LogP) is 2.91. The van der Waals surface area contributed by atoms with Crippen molar-refractivity contribution in [3.8, 4) is 11.6 Å². The zero-order chi connectivity index (χ0) is 14.2. The number of ether oxygens (including phenoxy) is 2. The van der Waals surface area contributed by atoms with Crippen molar-refractivity contribution in [2.24, 2.45) is 0 Å². The molecule has 0 amide bonds. The summed E-state index contributed by atoms with van der Waals surface area (Å²) in [6.07, 6.45) is 4.12. The molecule has 0 aliphatic heterocycles. The Labute approximate surface area is 118 Å². The monoisotopic (exact) mass is 271 g/mol. The van der Waals surface area contributed by atoms with Gasteiger partial charge in [-0.25, -0.2) is 4.98 Å². The first-order valence-corrected chi connectivity index (χ1v) is 6.49. The van der Waals surface area contributed by atoms with Crippen molar-refractivity contribution in [1.29, 1.82) is 0 Å². The fraction of sp³-hybridized carbons (Fsp3) is 0.250. The van der Waals surface area contributed by atoms with Crippen LogP contribution in [0.2, 0.25) is 0 Å². The molecule has 104 valence electrons. The summed E-state index contributed by atoms with van der Waals surface area (Å²) in [4.78, 5) is 14.5. The molecule has 20 heavy (non-hydrogen) atoms. The molecule has 0 N–H and O–H groups in total. The zero-order valence-electron chi connectivity index (χ0n) is 11.4. The second kappa shape index (κ2) is 7.28. The van der Waals surface area contributed by atoms with E-state index in [2.05, 4.69) is 17.1 Å². The van der Waals surface area contributed by atoms with Crippen molar-refractivity contribution in [3.05, 3.63) is 53.7 Å². The second-order valence-corrected chi connectivity index (χ2v) is 4.35. The van der Waals surface area contributed by atoms with E-state index in [1.54, 1.807) is 19.2 Å². The van der Waals surface area contributed by atoms with Crippen LogP contribution < -0.4 is 9.47 Å². The highest BCUT2D eigenvalue weighted by molar-refractivity contribution is 5.73. The first-order chi connectivity index (χ1) is 9.81. The van der Waals surface area contributed by atoms with Gasteiger partial charge < -0.3 is 9.47 Å². The van der Waals surface area contributed by atoms with Gasteiger partial charge in [-0.2, -0.15) is 0 Å². The Morgan fingerprint density at radius 1 is 1.15 bits per heavy atom. The van der Waals surface area contributed by atoms with Gasteiger partial charge in [-0.05, 0) is 36.6 Å². The highest BCUT2D eigenvalue weighted by atomic mass is 16.5. The molecule has 0 radical (unpaired) electrons. The molecule has 2 aromatic rings. The highest BCUT2D eigenvalue weighted by Crippen LogP contribution is 2.13. The molecule has 1 aromatic heterocycles. The van der Waals surface area contributed by atoms with E-state index in [0.717, 1.165) is 24.9 Å². The number of carbonyl (C=O) groups excluding carboxylic acids is 1. The normalized spacial score (nSPS) is 10.1. The van der Waals surface area contributed by atoms with Crippen molar-refractivity contribution >= 4 is 6.29 Å². The van der Waals surface area contributed by atoms with Crippen molar-refractivity contribution in [2.75, 3.05) is 13.7 Å². The summed E-state index contributed by atoms with van der Waals surface area (Å²) in [6, 6.07) is 11.4. The Morgan fingerprint density at radius 2 is 1.95 bits per heavy atom. The first-order valence-electron chi connectivity index (χ1n) is 6.49. The topological polar surface area (TPSA) is 48.4 Å². The number of aldehydes is 1. The highest BCUT2D eigenvalue weighted by Gasteiger charge is 1.98. The minimum absolute atomic E-state index is 0.547. The summed E-state index contributed by atoms with van der Waals surface area (Å²) in [5, 5.41) is 0. The molecule has 0 fully saturated rings. The summed E-state index contributed by atoms with van der Waals surface area (Å²) in [7, 11) is 1.66. The minimum Gasteiger partial charge on any atom is -0.497 e. The lowest BCUT2D eigenvalue weighted by atomic mass is 10.1. The van der Waals surface area contributed by atoms with Gasteiger partial charge in [0, 0.05) is 17.8 Å². The van der Waals surface area contributed by atoms with Gasteiger partial charge in [0.2, 0.25) is 5.88 Å². The fourth-order valence-electron chi connectivity index (χ4n) is 1.79. The van der Waals surface area contributed by atoms with E-state index in [-0.39, 0.29) is 0 Å². The number of nitrogens with zero attached hydrogens (tertiary/aromatic N) is 1. The third-order valence-corrected chi connectivity index (χ3v) is 2.91. The van der Waals surface area contributed by atoms with Crippen LogP contribution in [0.15, 0.2) is 42.6 Å². The summed E-state index contributed by atoms with van der Waals surface area (Å²) < 4.78 is 10.6. The average Bonchev–Trinajstić information content (AvgIpc) is 2.53. The van der Waals surface area contributed by atoms with E-state index in [0.29, 0.717) is 18.1 Å². The standard InChI is InChI=1S/C16H17NO3/c1-19-15-7-4-13(5-8-15)3-2-10-20-16-9-6-14(12-18)11-17-16/h4-9,11-12H,2-3,10H2,1H3. The minimum atomic E-state index is 0.547. The number of hydrogen-bond acceptors (Lipinski definition) is 4. The number of methoxy groups -OCH3 is 1. The number of pyridine rings is 1. The van der Waals surface area contributed by atoms with Crippen LogP contribution in [0, 0.1) is 0 Å². The van der Waals surface area contributed by atoms with Crippen LogP contribution in [-0.2, 0) is 6.42 Å². The maximum absolute atomic E-state index is 10.5. The van der Waals surface area contributed by atoms with Gasteiger partial charge in [0.25, 0.3) is 0 Å². The Bertz CT molecular complexity index is 535. The number of benzene rings is 1. The molecule has 0 saturated carbocycles. The van der Waals surface area contributed by atoms with Gasteiger partial charge in [0.15, 0.2) is 6.29 Å². The fourth-order valence-corrected chi connectivity index (χ4v) is 1.79. The van der Waals surface area contributed by atoms with E-state index in [9.17, 15) is 4.79 Å². The van der Waals surface area contributed by atoms with Crippen LogP contribution in [-0.4, -0.2) is 25.0 Å². The summed E-state index contributed by atoms with van der Waals surface area (Å²) in [5.41, 5.74) is 1.80.